The molecule has 0 aromatic rings. The second-order valence-corrected chi connectivity index (χ2v) is 6.46. The van der Waals surface area contributed by atoms with Gasteiger partial charge in [-0.3, -0.25) is 4.90 Å². The summed E-state index contributed by atoms with van der Waals surface area (Å²) in [5.41, 5.74) is -0.00870. The van der Waals surface area contributed by atoms with Crippen molar-refractivity contribution in [2.75, 3.05) is 13.1 Å². The molecule has 1 aliphatic carbocycles. The predicted molar refractivity (Wildman–Crippen MR) is 83.4 cm³/mol. The van der Waals surface area contributed by atoms with Crippen LogP contribution in [0.2, 0.25) is 0 Å². The molecule has 1 aliphatic rings. The Labute approximate surface area is 120 Å². The van der Waals surface area contributed by atoms with Crippen molar-refractivity contribution >= 4 is 0 Å². The third kappa shape index (κ3) is 3.52. The first-order valence-electron chi connectivity index (χ1n) is 8.48. The van der Waals surface area contributed by atoms with Crippen molar-refractivity contribution in [3.05, 3.63) is 0 Å². The average Bonchev–Trinajstić information content (AvgIpc) is 2.44. The molecule has 0 radical (unpaired) electrons. The van der Waals surface area contributed by atoms with E-state index in [0.717, 1.165) is 31.8 Å². The Morgan fingerprint density at radius 3 is 2.11 bits per heavy atom. The standard InChI is InChI=1S/C17H35NO/c1-6-17(7-2,18(8-3)9-4)16(19)15-12-10-11-14(5)13-15/h14-16,19H,6-13H2,1-5H3. The summed E-state index contributed by atoms with van der Waals surface area (Å²) >= 11 is 0. The first kappa shape index (κ1) is 17.0. The van der Waals surface area contributed by atoms with Gasteiger partial charge >= 0.3 is 0 Å². The second-order valence-electron chi connectivity index (χ2n) is 6.46. The fraction of sp³-hybridized carbons (Fsp3) is 1.00. The maximum Gasteiger partial charge on any atom is 0.0751 e. The van der Waals surface area contributed by atoms with E-state index in [-0.39, 0.29) is 11.6 Å². The number of nitrogens with zero attached hydrogens (tertiary/aromatic N) is 1. The molecule has 1 rings (SSSR count). The summed E-state index contributed by atoms with van der Waals surface area (Å²) in [6.45, 7) is 13.4. The zero-order valence-electron chi connectivity index (χ0n) is 13.8. The molecule has 2 heteroatoms. The summed E-state index contributed by atoms with van der Waals surface area (Å²) in [6, 6.07) is 0. The molecule has 0 aliphatic heterocycles. The quantitative estimate of drug-likeness (QED) is 0.753. The largest absolute Gasteiger partial charge is 0.391 e. The normalized spacial score (nSPS) is 26.7. The van der Waals surface area contributed by atoms with Crippen molar-refractivity contribution in [2.45, 2.75) is 84.8 Å². The first-order chi connectivity index (χ1) is 9.05. The summed E-state index contributed by atoms with van der Waals surface area (Å²) in [7, 11) is 0. The first-order valence-corrected chi connectivity index (χ1v) is 8.48. The summed E-state index contributed by atoms with van der Waals surface area (Å²) in [5, 5.41) is 11.1. The van der Waals surface area contributed by atoms with E-state index in [1.165, 1.54) is 25.7 Å². The van der Waals surface area contributed by atoms with Crippen LogP contribution in [0.3, 0.4) is 0 Å². The van der Waals surface area contributed by atoms with Crippen LogP contribution in [0.1, 0.15) is 73.1 Å². The summed E-state index contributed by atoms with van der Waals surface area (Å²) in [4.78, 5) is 2.50. The van der Waals surface area contributed by atoms with Crippen molar-refractivity contribution in [1.29, 1.82) is 0 Å². The lowest BCUT2D eigenvalue weighted by atomic mass is 9.71. The van der Waals surface area contributed by atoms with E-state index in [1.807, 2.05) is 0 Å². The van der Waals surface area contributed by atoms with Gasteiger partial charge in [0.25, 0.3) is 0 Å². The number of hydrogen-bond acceptors (Lipinski definition) is 2. The Kier molecular flexibility index (Phi) is 6.82. The smallest absolute Gasteiger partial charge is 0.0751 e. The predicted octanol–water partition coefficient (Wildman–Crippen LogP) is 4.07. The van der Waals surface area contributed by atoms with E-state index >= 15 is 0 Å². The van der Waals surface area contributed by atoms with Gasteiger partial charge in [-0.1, -0.05) is 47.5 Å². The molecule has 0 bridgehead atoms. The lowest BCUT2D eigenvalue weighted by molar-refractivity contribution is -0.0750. The minimum absolute atomic E-state index is 0.00870. The Morgan fingerprint density at radius 1 is 1.11 bits per heavy atom. The zero-order chi connectivity index (χ0) is 14.5. The molecular weight excluding hydrogens is 234 g/mol. The van der Waals surface area contributed by atoms with E-state index < -0.39 is 0 Å². The SMILES string of the molecule is CCN(CC)C(CC)(CC)C(O)C1CCCC(C)C1. The third-order valence-electron chi connectivity index (χ3n) is 5.59. The minimum Gasteiger partial charge on any atom is -0.391 e. The van der Waals surface area contributed by atoms with Crippen molar-refractivity contribution < 1.29 is 5.11 Å². The molecule has 0 spiro atoms. The van der Waals surface area contributed by atoms with Crippen LogP contribution in [0.15, 0.2) is 0 Å². The van der Waals surface area contributed by atoms with E-state index in [9.17, 15) is 5.11 Å². The molecule has 1 N–H and O–H groups in total. The topological polar surface area (TPSA) is 23.5 Å². The van der Waals surface area contributed by atoms with Crippen molar-refractivity contribution in [2.24, 2.45) is 11.8 Å². The zero-order valence-corrected chi connectivity index (χ0v) is 13.8. The van der Waals surface area contributed by atoms with Gasteiger partial charge in [-0.05, 0) is 50.6 Å². The van der Waals surface area contributed by atoms with E-state index in [1.54, 1.807) is 0 Å². The lowest BCUT2D eigenvalue weighted by Crippen LogP contribution is -2.58. The van der Waals surface area contributed by atoms with Crippen molar-refractivity contribution in [3.8, 4) is 0 Å². The molecule has 0 saturated heterocycles. The van der Waals surface area contributed by atoms with Gasteiger partial charge in [0.1, 0.15) is 0 Å². The second kappa shape index (κ2) is 7.64. The minimum atomic E-state index is -0.162. The maximum atomic E-state index is 11.1. The van der Waals surface area contributed by atoms with Gasteiger partial charge in [0.15, 0.2) is 0 Å². The van der Waals surface area contributed by atoms with E-state index in [4.69, 9.17) is 0 Å². The summed E-state index contributed by atoms with van der Waals surface area (Å²) in [5.74, 6) is 1.29. The number of aliphatic hydroxyl groups is 1. The van der Waals surface area contributed by atoms with Crippen LogP contribution in [0.5, 0.6) is 0 Å². The highest BCUT2D eigenvalue weighted by Gasteiger charge is 2.43. The third-order valence-corrected chi connectivity index (χ3v) is 5.59. The van der Waals surface area contributed by atoms with Crippen molar-refractivity contribution in [3.63, 3.8) is 0 Å². The van der Waals surface area contributed by atoms with Gasteiger partial charge in [0, 0.05) is 5.54 Å². The molecule has 2 nitrogen and oxygen atoms in total. The fourth-order valence-corrected chi connectivity index (χ4v) is 4.36. The van der Waals surface area contributed by atoms with Crippen molar-refractivity contribution in [1.82, 2.24) is 4.90 Å². The monoisotopic (exact) mass is 269 g/mol. The van der Waals surface area contributed by atoms with Crippen LogP contribution >= 0.6 is 0 Å². The molecule has 1 fully saturated rings. The highest BCUT2D eigenvalue weighted by Crippen LogP contribution is 2.39. The Hall–Kier alpha value is -0.0800. The number of hydrogen-bond donors (Lipinski definition) is 1. The van der Waals surface area contributed by atoms with E-state index in [2.05, 4.69) is 39.5 Å². The van der Waals surface area contributed by atoms with Crippen LogP contribution in [0.4, 0.5) is 0 Å². The van der Waals surface area contributed by atoms with Crippen LogP contribution in [0.25, 0.3) is 0 Å². The van der Waals surface area contributed by atoms with Crippen LogP contribution in [-0.4, -0.2) is 34.7 Å². The van der Waals surface area contributed by atoms with Crippen LogP contribution in [0, 0.1) is 11.8 Å². The molecule has 1 saturated carbocycles. The molecular formula is C17H35NO. The number of aliphatic hydroxyl groups excluding tert-OH is 1. The molecule has 3 unspecified atom stereocenters. The molecule has 114 valence electrons. The maximum absolute atomic E-state index is 11.1. The molecule has 19 heavy (non-hydrogen) atoms. The highest BCUT2D eigenvalue weighted by atomic mass is 16.3. The van der Waals surface area contributed by atoms with Gasteiger partial charge in [-0.2, -0.15) is 0 Å². The molecule has 0 amide bonds. The van der Waals surface area contributed by atoms with E-state index in [0.29, 0.717) is 5.92 Å². The van der Waals surface area contributed by atoms with Gasteiger partial charge in [0.05, 0.1) is 6.10 Å². The van der Waals surface area contributed by atoms with Gasteiger partial charge < -0.3 is 5.11 Å². The Morgan fingerprint density at radius 2 is 1.68 bits per heavy atom. The summed E-state index contributed by atoms with van der Waals surface area (Å²) < 4.78 is 0. The molecule has 0 heterocycles. The fourth-order valence-electron chi connectivity index (χ4n) is 4.36. The van der Waals surface area contributed by atoms with Crippen LogP contribution in [-0.2, 0) is 0 Å². The number of rotatable bonds is 7. The average molecular weight is 269 g/mol. The molecule has 0 aromatic carbocycles. The lowest BCUT2D eigenvalue weighted by Gasteiger charge is -2.49. The van der Waals surface area contributed by atoms with Gasteiger partial charge in [0.2, 0.25) is 0 Å². The Balaban J connectivity index is 2.90. The molecule has 0 aromatic heterocycles. The summed E-state index contributed by atoms with van der Waals surface area (Å²) in [6.07, 6.45) is 7.02. The Bertz CT molecular complexity index is 246. The number of likely N-dealkylation sites (N-methyl/N-ethyl adjacent to an activating group) is 1. The van der Waals surface area contributed by atoms with Gasteiger partial charge in [-0.25, -0.2) is 0 Å². The molecule has 3 atom stereocenters. The van der Waals surface area contributed by atoms with Gasteiger partial charge in [-0.15, -0.1) is 0 Å². The highest BCUT2D eigenvalue weighted by molar-refractivity contribution is 4.98. The van der Waals surface area contributed by atoms with Crippen LogP contribution < -0.4 is 0 Å².